The number of carbonyl (C=O) groups is 1. The van der Waals surface area contributed by atoms with Crippen LogP contribution in [0, 0.1) is 11.3 Å². The van der Waals surface area contributed by atoms with E-state index in [1.54, 1.807) is 12.1 Å². The zero-order chi connectivity index (χ0) is 16.5. The van der Waals surface area contributed by atoms with E-state index >= 15 is 0 Å². The van der Waals surface area contributed by atoms with Crippen molar-refractivity contribution < 1.29 is 23.7 Å². The first-order chi connectivity index (χ1) is 10.6. The fourth-order valence-electron chi connectivity index (χ4n) is 1.73. The van der Waals surface area contributed by atoms with Gasteiger partial charge >= 0.3 is 5.97 Å². The van der Waals surface area contributed by atoms with E-state index in [4.69, 9.17) is 24.2 Å². The Morgan fingerprint density at radius 2 is 1.73 bits per heavy atom. The quantitative estimate of drug-likeness (QED) is 0.438. The van der Waals surface area contributed by atoms with Crippen molar-refractivity contribution in [1.29, 1.82) is 5.26 Å². The third-order valence-electron chi connectivity index (χ3n) is 2.81. The normalized spacial score (nSPS) is 10.6. The van der Waals surface area contributed by atoms with Gasteiger partial charge in [-0.25, -0.2) is 4.79 Å². The lowest BCUT2D eigenvalue weighted by Crippen LogP contribution is -2.07. The van der Waals surface area contributed by atoms with Crippen LogP contribution in [0.4, 0.5) is 0 Å². The second-order valence-electron chi connectivity index (χ2n) is 4.25. The van der Waals surface area contributed by atoms with Crippen molar-refractivity contribution in [2.75, 3.05) is 27.9 Å². The predicted molar refractivity (Wildman–Crippen MR) is 80.9 cm³/mol. The number of hydrogen-bond donors (Lipinski definition) is 0. The Hall–Kier alpha value is -2.68. The third kappa shape index (κ3) is 4.16. The largest absolute Gasteiger partial charge is 0.496 e. The second kappa shape index (κ2) is 8.57. The average molecular weight is 305 g/mol. The summed E-state index contributed by atoms with van der Waals surface area (Å²) in [6, 6.07) is 5.08. The summed E-state index contributed by atoms with van der Waals surface area (Å²) in [5, 5.41) is 9.13. The smallest absolute Gasteiger partial charge is 0.348 e. The molecule has 6 heteroatoms. The van der Waals surface area contributed by atoms with E-state index in [2.05, 4.69) is 0 Å². The molecule has 22 heavy (non-hydrogen) atoms. The van der Waals surface area contributed by atoms with Crippen molar-refractivity contribution >= 4 is 12.0 Å². The average Bonchev–Trinajstić information content (AvgIpc) is 2.56. The molecule has 0 atom stereocenters. The van der Waals surface area contributed by atoms with Gasteiger partial charge < -0.3 is 18.9 Å². The predicted octanol–water partition coefficient (Wildman–Crippen LogP) is 2.57. The molecule has 0 radical (unpaired) electrons. The second-order valence-corrected chi connectivity index (χ2v) is 4.25. The molecular weight excluding hydrogens is 286 g/mol. The van der Waals surface area contributed by atoms with E-state index in [1.165, 1.54) is 27.4 Å². The van der Waals surface area contributed by atoms with Crippen LogP contribution in [-0.2, 0) is 9.53 Å². The van der Waals surface area contributed by atoms with Crippen LogP contribution in [0.1, 0.15) is 18.9 Å². The fraction of sp³-hybridized carbons (Fsp3) is 0.375. The van der Waals surface area contributed by atoms with Gasteiger partial charge in [0.1, 0.15) is 17.4 Å². The minimum Gasteiger partial charge on any atom is -0.496 e. The summed E-state index contributed by atoms with van der Waals surface area (Å²) >= 11 is 0. The van der Waals surface area contributed by atoms with Crippen molar-refractivity contribution in [3.63, 3.8) is 0 Å². The summed E-state index contributed by atoms with van der Waals surface area (Å²) in [6.45, 7) is 2.14. The summed E-state index contributed by atoms with van der Waals surface area (Å²) in [6.07, 6.45) is 2.09. The van der Waals surface area contributed by atoms with Crippen LogP contribution in [0.15, 0.2) is 17.7 Å². The Balaban J connectivity index is 3.26. The maximum Gasteiger partial charge on any atom is 0.348 e. The molecule has 0 aliphatic carbocycles. The van der Waals surface area contributed by atoms with Crippen molar-refractivity contribution in [3.8, 4) is 23.3 Å². The van der Waals surface area contributed by atoms with Crippen molar-refractivity contribution in [1.82, 2.24) is 0 Å². The van der Waals surface area contributed by atoms with E-state index < -0.39 is 5.97 Å². The van der Waals surface area contributed by atoms with Gasteiger partial charge in [-0.2, -0.15) is 5.26 Å². The van der Waals surface area contributed by atoms with Gasteiger partial charge in [-0.1, -0.05) is 6.92 Å². The summed E-state index contributed by atoms with van der Waals surface area (Å²) in [7, 11) is 4.49. The Labute approximate surface area is 129 Å². The minimum absolute atomic E-state index is 0.112. The highest BCUT2D eigenvalue weighted by Gasteiger charge is 2.15. The first kappa shape index (κ1) is 17.4. The lowest BCUT2D eigenvalue weighted by atomic mass is 10.1. The number of nitriles is 1. The highest BCUT2D eigenvalue weighted by atomic mass is 16.5. The molecule has 6 nitrogen and oxygen atoms in total. The molecule has 0 spiro atoms. The standard InChI is InChI=1S/C16H19NO5/c1-5-6-22-16(18)12(10-17)7-11-8-14(20-3)15(21-4)9-13(11)19-2/h7-9H,5-6H2,1-4H3. The summed E-state index contributed by atoms with van der Waals surface area (Å²) in [5.74, 6) is 0.743. The number of nitrogens with zero attached hydrogens (tertiary/aromatic N) is 1. The SMILES string of the molecule is CCCOC(=O)C(C#N)=Cc1cc(OC)c(OC)cc1OC. The molecule has 0 aromatic heterocycles. The molecule has 0 aliphatic rings. The van der Waals surface area contributed by atoms with Crippen molar-refractivity contribution in [3.05, 3.63) is 23.3 Å². The first-order valence-corrected chi connectivity index (χ1v) is 6.70. The van der Waals surface area contributed by atoms with Crippen molar-refractivity contribution in [2.45, 2.75) is 13.3 Å². The fourth-order valence-corrected chi connectivity index (χ4v) is 1.73. The molecule has 1 aromatic carbocycles. The molecule has 1 aromatic rings. The number of esters is 1. The molecule has 0 saturated carbocycles. The number of hydrogen-bond acceptors (Lipinski definition) is 6. The van der Waals surface area contributed by atoms with E-state index in [1.807, 2.05) is 13.0 Å². The summed E-state index contributed by atoms with van der Waals surface area (Å²) in [4.78, 5) is 11.8. The highest BCUT2D eigenvalue weighted by molar-refractivity contribution is 5.98. The molecule has 0 aliphatic heterocycles. The molecular formula is C16H19NO5. The number of ether oxygens (including phenoxy) is 4. The molecule has 0 fully saturated rings. The van der Waals surface area contributed by atoms with Gasteiger partial charge in [-0.05, 0) is 18.6 Å². The molecule has 0 bridgehead atoms. The first-order valence-electron chi connectivity index (χ1n) is 6.70. The molecule has 0 unspecified atom stereocenters. The number of rotatable bonds is 7. The summed E-state index contributed by atoms with van der Waals surface area (Å²) in [5.41, 5.74) is 0.407. The van der Waals surface area contributed by atoms with Gasteiger partial charge in [0.15, 0.2) is 11.5 Å². The van der Waals surface area contributed by atoms with Crippen molar-refractivity contribution in [2.24, 2.45) is 0 Å². The maximum absolute atomic E-state index is 11.8. The molecule has 0 saturated heterocycles. The van der Waals surface area contributed by atoms with E-state index in [0.29, 0.717) is 29.2 Å². The van der Waals surface area contributed by atoms with Crippen LogP contribution in [0.2, 0.25) is 0 Å². The number of methoxy groups -OCH3 is 3. The van der Waals surface area contributed by atoms with Crippen LogP contribution in [0.5, 0.6) is 17.2 Å². The van der Waals surface area contributed by atoms with E-state index in [0.717, 1.165) is 0 Å². The van der Waals surface area contributed by atoms with Crippen LogP contribution in [0.3, 0.4) is 0 Å². The Bertz CT molecular complexity index is 601. The number of benzene rings is 1. The molecule has 118 valence electrons. The van der Waals surface area contributed by atoms with E-state index in [-0.39, 0.29) is 12.2 Å². The van der Waals surface area contributed by atoms with Gasteiger partial charge in [0.2, 0.25) is 0 Å². The van der Waals surface area contributed by atoms with Gasteiger partial charge in [-0.3, -0.25) is 0 Å². The maximum atomic E-state index is 11.8. The molecule has 1 rings (SSSR count). The Morgan fingerprint density at radius 3 is 2.23 bits per heavy atom. The molecule has 0 N–H and O–H groups in total. The third-order valence-corrected chi connectivity index (χ3v) is 2.81. The zero-order valence-corrected chi connectivity index (χ0v) is 13.1. The van der Waals surface area contributed by atoms with Crippen LogP contribution in [0.25, 0.3) is 6.08 Å². The minimum atomic E-state index is -0.666. The zero-order valence-electron chi connectivity index (χ0n) is 13.1. The van der Waals surface area contributed by atoms with Gasteiger partial charge in [0, 0.05) is 11.6 Å². The van der Waals surface area contributed by atoms with Gasteiger partial charge in [0.05, 0.1) is 27.9 Å². The Morgan fingerprint density at radius 1 is 1.14 bits per heavy atom. The molecule has 0 heterocycles. The van der Waals surface area contributed by atoms with E-state index in [9.17, 15) is 4.79 Å². The summed E-state index contributed by atoms with van der Waals surface area (Å²) < 4.78 is 20.6. The van der Waals surface area contributed by atoms with Crippen LogP contribution < -0.4 is 14.2 Å². The highest BCUT2D eigenvalue weighted by Crippen LogP contribution is 2.35. The Kier molecular flexibility index (Phi) is 6.77. The van der Waals surface area contributed by atoms with Gasteiger partial charge in [0.25, 0.3) is 0 Å². The van der Waals surface area contributed by atoms with Crippen LogP contribution >= 0.6 is 0 Å². The number of carbonyl (C=O) groups excluding carboxylic acids is 1. The monoisotopic (exact) mass is 305 g/mol. The topological polar surface area (TPSA) is 77.8 Å². The lowest BCUT2D eigenvalue weighted by molar-refractivity contribution is -0.138. The van der Waals surface area contributed by atoms with Gasteiger partial charge in [-0.15, -0.1) is 0 Å². The molecule has 0 amide bonds. The van der Waals surface area contributed by atoms with Crippen LogP contribution in [-0.4, -0.2) is 33.9 Å². The lowest BCUT2D eigenvalue weighted by Gasteiger charge is -2.12.